The van der Waals surface area contributed by atoms with Crippen molar-refractivity contribution in [3.63, 3.8) is 0 Å². The summed E-state index contributed by atoms with van der Waals surface area (Å²) in [5.41, 5.74) is 7.67. The quantitative estimate of drug-likeness (QED) is 0.743. The molecule has 6 nitrogen and oxygen atoms in total. The van der Waals surface area contributed by atoms with Gasteiger partial charge in [0.2, 0.25) is 5.95 Å². The van der Waals surface area contributed by atoms with Crippen LogP contribution in [0.4, 0.5) is 5.95 Å². The number of fused-ring (bicyclic) bond motifs is 1. The van der Waals surface area contributed by atoms with Crippen LogP contribution >= 0.6 is 0 Å². The molecule has 0 atom stereocenters. The molecule has 0 saturated carbocycles. The monoisotopic (exact) mass is 232 g/mol. The molecule has 0 aromatic carbocycles. The summed E-state index contributed by atoms with van der Waals surface area (Å²) < 4.78 is 1.93. The summed E-state index contributed by atoms with van der Waals surface area (Å²) in [6.45, 7) is 3.96. The Morgan fingerprint density at radius 3 is 2.76 bits per heavy atom. The van der Waals surface area contributed by atoms with Crippen LogP contribution < -0.4 is 10.7 Å². The lowest BCUT2D eigenvalue weighted by molar-refractivity contribution is 0.290. The molecule has 0 unspecified atom stereocenters. The lowest BCUT2D eigenvalue weighted by Gasteiger charge is -2.34. The second kappa shape index (κ2) is 3.89. The van der Waals surface area contributed by atoms with Crippen LogP contribution in [0, 0.1) is 0 Å². The maximum atomic E-state index is 5.98. The maximum absolute atomic E-state index is 5.98. The minimum atomic E-state index is 0.517. The highest BCUT2D eigenvalue weighted by molar-refractivity contribution is 5.74. The largest absolute Gasteiger partial charge is 0.368 e. The molecule has 0 amide bonds. The highest BCUT2D eigenvalue weighted by atomic mass is 15.6. The van der Waals surface area contributed by atoms with Crippen LogP contribution in [-0.2, 0) is 0 Å². The summed E-state index contributed by atoms with van der Waals surface area (Å²) in [5, 5.41) is 2.21. The Morgan fingerprint density at radius 2 is 2.00 bits per heavy atom. The van der Waals surface area contributed by atoms with E-state index in [2.05, 4.69) is 26.9 Å². The Kier molecular flexibility index (Phi) is 2.36. The van der Waals surface area contributed by atoms with Gasteiger partial charge in [-0.2, -0.15) is 0 Å². The minimum Gasteiger partial charge on any atom is -0.368 e. The molecule has 0 spiro atoms. The number of likely N-dealkylation sites (N-methyl/N-ethyl adjacent to an activating group) is 1. The van der Waals surface area contributed by atoms with Crippen LogP contribution in [0.3, 0.4) is 0 Å². The molecule has 1 aliphatic heterocycles. The molecule has 0 aliphatic carbocycles. The first-order valence-corrected chi connectivity index (χ1v) is 5.78. The van der Waals surface area contributed by atoms with Crippen molar-refractivity contribution in [3.8, 4) is 0 Å². The lowest BCUT2D eigenvalue weighted by Crippen LogP contribution is -2.50. The molecule has 2 aromatic heterocycles. The number of anilines is 1. The van der Waals surface area contributed by atoms with E-state index in [4.69, 9.17) is 5.73 Å². The van der Waals surface area contributed by atoms with Crippen LogP contribution in [0.15, 0.2) is 18.3 Å². The van der Waals surface area contributed by atoms with Gasteiger partial charge in [0, 0.05) is 32.4 Å². The van der Waals surface area contributed by atoms with Gasteiger partial charge in [0.15, 0.2) is 5.65 Å². The molecular formula is C11H16N6. The number of rotatable bonds is 1. The van der Waals surface area contributed by atoms with E-state index >= 15 is 0 Å². The van der Waals surface area contributed by atoms with Crippen LogP contribution in [0.2, 0.25) is 0 Å². The Labute approximate surface area is 99.6 Å². The molecule has 1 aliphatic rings. The van der Waals surface area contributed by atoms with Gasteiger partial charge in [-0.3, -0.25) is 0 Å². The van der Waals surface area contributed by atoms with Crippen molar-refractivity contribution in [2.75, 3.05) is 44.0 Å². The van der Waals surface area contributed by atoms with Crippen molar-refractivity contribution >= 4 is 17.1 Å². The third-order valence-corrected chi connectivity index (χ3v) is 3.18. The van der Waals surface area contributed by atoms with E-state index in [1.54, 1.807) is 6.20 Å². The number of piperazine rings is 1. The van der Waals surface area contributed by atoms with Gasteiger partial charge in [-0.15, -0.1) is 0 Å². The maximum Gasteiger partial charge on any atom is 0.222 e. The molecule has 6 heteroatoms. The number of nitrogens with zero attached hydrogens (tertiary/aromatic N) is 5. The first-order chi connectivity index (χ1) is 8.25. The van der Waals surface area contributed by atoms with Gasteiger partial charge in [0.1, 0.15) is 5.52 Å². The molecule has 0 radical (unpaired) electrons. The van der Waals surface area contributed by atoms with Gasteiger partial charge in [0.05, 0.1) is 0 Å². The number of imidazole rings is 1. The van der Waals surface area contributed by atoms with Crippen molar-refractivity contribution in [3.05, 3.63) is 18.3 Å². The number of hydrogen-bond acceptors (Lipinski definition) is 5. The second-order valence-corrected chi connectivity index (χ2v) is 4.38. The van der Waals surface area contributed by atoms with Gasteiger partial charge in [-0.1, -0.05) is 0 Å². The summed E-state index contributed by atoms with van der Waals surface area (Å²) >= 11 is 0. The van der Waals surface area contributed by atoms with E-state index < -0.39 is 0 Å². The number of nitrogen functional groups attached to an aromatic ring is 1. The fraction of sp³-hybridized carbons (Fsp3) is 0.455. The third kappa shape index (κ3) is 1.70. The van der Waals surface area contributed by atoms with E-state index in [0.717, 1.165) is 37.3 Å². The van der Waals surface area contributed by atoms with Crippen LogP contribution in [0.5, 0.6) is 0 Å². The Morgan fingerprint density at radius 1 is 1.24 bits per heavy atom. The van der Waals surface area contributed by atoms with Crippen molar-refractivity contribution < 1.29 is 0 Å². The molecule has 3 heterocycles. The zero-order chi connectivity index (χ0) is 11.8. The predicted octanol–water partition coefficient (Wildman–Crippen LogP) is -0.103. The van der Waals surface area contributed by atoms with E-state index in [1.165, 1.54) is 0 Å². The Balaban J connectivity index is 2.02. The van der Waals surface area contributed by atoms with Gasteiger partial charge in [-0.25, -0.2) is 14.6 Å². The molecule has 2 aromatic rings. The molecule has 1 fully saturated rings. The molecule has 3 rings (SSSR count). The van der Waals surface area contributed by atoms with Crippen molar-refractivity contribution in [1.82, 2.24) is 19.5 Å². The highest BCUT2D eigenvalue weighted by Gasteiger charge is 2.19. The number of pyridine rings is 1. The van der Waals surface area contributed by atoms with E-state index in [9.17, 15) is 0 Å². The van der Waals surface area contributed by atoms with Crippen LogP contribution in [0.1, 0.15) is 0 Å². The average molecular weight is 232 g/mol. The molecule has 1 saturated heterocycles. The summed E-state index contributed by atoms with van der Waals surface area (Å²) in [7, 11) is 2.13. The first-order valence-electron chi connectivity index (χ1n) is 5.78. The first kappa shape index (κ1) is 10.3. The smallest absolute Gasteiger partial charge is 0.222 e. The van der Waals surface area contributed by atoms with Gasteiger partial charge in [-0.05, 0) is 19.2 Å². The van der Waals surface area contributed by atoms with Crippen molar-refractivity contribution in [2.45, 2.75) is 0 Å². The Bertz CT molecular complexity index is 526. The predicted molar refractivity (Wildman–Crippen MR) is 67.4 cm³/mol. The summed E-state index contributed by atoms with van der Waals surface area (Å²) in [5.74, 6) is 0.517. The van der Waals surface area contributed by atoms with E-state index in [0.29, 0.717) is 5.95 Å². The SMILES string of the molecule is CN1CCN(n2c(N)nc3cccnc32)CC1. The van der Waals surface area contributed by atoms with Crippen LogP contribution in [0.25, 0.3) is 11.2 Å². The molecular weight excluding hydrogens is 216 g/mol. The number of aromatic nitrogens is 3. The highest BCUT2D eigenvalue weighted by Crippen LogP contribution is 2.16. The summed E-state index contributed by atoms with van der Waals surface area (Å²) in [4.78, 5) is 11.0. The number of nitrogens with two attached hydrogens (primary N) is 1. The molecule has 2 N–H and O–H groups in total. The van der Waals surface area contributed by atoms with Gasteiger partial charge in [0.25, 0.3) is 0 Å². The normalized spacial score (nSPS) is 17.8. The zero-order valence-electron chi connectivity index (χ0n) is 9.87. The van der Waals surface area contributed by atoms with Crippen LogP contribution in [-0.4, -0.2) is 52.8 Å². The van der Waals surface area contributed by atoms with E-state index in [-0.39, 0.29) is 0 Å². The standard InChI is InChI=1S/C11H16N6/c1-15-5-7-16(8-6-15)17-10-9(14-11(17)12)3-2-4-13-10/h2-4H,5-8H2,1H3,(H2,12,14). The molecule has 90 valence electrons. The molecule has 0 bridgehead atoms. The number of hydrogen-bond donors (Lipinski definition) is 1. The third-order valence-electron chi connectivity index (χ3n) is 3.18. The summed E-state index contributed by atoms with van der Waals surface area (Å²) in [6, 6.07) is 3.81. The average Bonchev–Trinajstić information content (AvgIpc) is 2.66. The molecule has 17 heavy (non-hydrogen) atoms. The zero-order valence-corrected chi connectivity index (χ0v) is 9.87. The Hall–Kier alpha value is -1.82. The van der Waals surface area contributed by atoms with Crippen molar-refractivity contribution in [1.29, 1.82) is 0 Å². The fourth-order valence-corrected chi connectivity index (χ4v) is 2.19. The van der Waals surface area contributed by atoms with Crippen molar-refractivity contribution in [2.24, 2.45) is 0 Å². The van der Waals surface area contributed by atoms with Gasteiger partial charge < -0.3 is 15.6 Å². The fourth-order valence-electron chi connectivity index (χ4n) is 2.19. The van der Waals surface area contributed by atoms with E-state index in [1.807, 2.05) is 16.8 Å². The second-order valence-electron chi connectivity index (χ2n) is 4.38. The summed E-state index contributed by atoms with van der Waals surface area (Å²) in [6.07, 6.45) is 1.77. The minimum absolute atomic E-state index is 0.517. The topological polar surface area (TPSA) is 63.2 Å². The lowest BCUT2D eigenvalue weighted by atomic mass is 10.4. The van der Waals surface area contributed by atoms with Gasteiger partial charge >= 0.3 is 0 Å².